The number of hydrogen-bond donors (Lipinski definition) is 1. The molecule has 112 valence electrons. The van der Waals surface area contributed by atoms with E-state index < -0.39 is 5.54 Å². The molecular formula is C15H30N2O2. The molecule has 1 aliphatic rings. The zero-order chi connectivity index (χ0) is 14.5. The lowest BCUT2D eigenvalue weighted by Gasteiger charge is -2.35. The van der Waals surface area contributed by atoms with Crippen LogP contribution < -0.4 is 5.32 Å². The molecule has 0 amide bonds. The molecule has 1 aliphatic carbocycles. The Morgan fingerprint density at radius 1 is 1.53 bits per heavy atom. The molecule has 0 aromatic rings. The first-order chi connectivity index (χ1) is 8.96. The van der Waals surface area contributed by atoms with Gasteiger partial charge in [0.1, 0.15) is 5.54 Å². The molecule has 4 nitrogen and oxygen atoms in total. The number of ether oxygens (including phenoxy) is 1. The van der Waals surface area contributed by atoms with Gasteiger partial charge in [-0.2, -0.15) is 0 Å². The Morgan fingerprint density at radius 2 is 2.16 bits per heavy atom. The number of carbonyl (C=O) groups is 1. The quantitative estimate of drug-likeness (QED) is 0.651. The molecule has 0 spiro atoms. The summed E-state index contributed by atoms with van der Waals surface area (Å²) in [5, 5.41) is 3.12. The summed E-state index contributed by atoms with van der Waals surface area (Å²) in [5.74, 6) is 0.706. The minimum Gasteiger partial charge on any atom is -0.468 e. The predicted octanol–water partition coefficient (Wildman–Crippen LogP) is 2.04. The van der Waals surface area contributed by atoms with Crippen LogP contribution in [0.2, 0.25) is 0 Å². The molecule has 19 heavy (non-hydrogen) atoms. The van der Waals surface area contributed by atoms with Gasteiger partial charge in [-0.05, 0) is 59.0 Å². The first-order valence-corrected chi connectivity index (χ1v) is 7.48. The van der Waals surface area contributed by atoms with Gasteiger partial charge in [-0.25, -0.2) is 0 Å². The molecule has 0 aliphatic heterocycles. The molecular weight excluding hydrogens is 240 g/mol. The molecule has 2 atom stereocenters. The van der Waals surface area contributed by atoms with Gasteiger partial charge < -0.3 is 15.0 Å². The van der Waals surface area contributed by atoms with Gasteiger partial charge in [0.2, 0.25) is 0 Å². The average Bonchev–Trinajstić information content (AvgIpc) is 3.20. The van der Waals surface area contributed by atoms with Crippen LogP contribution in [0.15, 0.2) is 0 Å². The van der Waals surface area contributed by atoms with Gasteiger partial charge in [0.05, 0.1) is 7.11 Å². The largest absolute Gasteiger partial charge is 0.468 e. The topological polar surface area (TPSA) is 41.6 Å². The second-order valence-corrected chi connectivity index (χ2v) is 6.07. The number of nitrogens with zero attached hydrogens (tertiary/aromatic N) is 1. The van der Waals surface area contributed by atoms with Crippen LogP contribution in [-0.4, -0.2) is 49.7 Å². The van der Waals surface area contributed by atoms with Gasteiger partial charge in [0.15, 0.2) is 0 Å². The summed E-state index contributed by atoms with van der Waals surface area (Å²) in [4.78, 5) is 14.4. The molecule has 0 bridgehead atoms. The first-order valence-electron chi connectivity index (χ1n) is 7.48. The fraction of sp³-hybridized carbons (Fsp3) is 0.933. The summed E-state index contributed by atoms with van der Waals surface area (Å²) >= 11 is 0. The van der Waals surface area contributed by atoms with E-state index >= 15 is 0 Å². The second kappa shape index (κ2) is 7.25. The van der Waals surface area contributed by atoms with Gasteiger partial charge in [0.25, 0.3) is 0 Å². The number of nitrogens with one attached hydrogen (secondary N) is 1. The van der Waals surface area contributed by atoms with Crippen molar-refractivity contribution in [3.05, 3.63) is 0 Å². The van der Waals surface area contributed by atoms with Gasteiger partial charge >= 0.3 is 5.97 Å². The smallest absolute Gasteiger partial charge is 0.325 e. The van der Waals surface area contributed by atoms with Crippen LogP contribution in [-0.2, 0) is 9.53 Å². The minimum atomic E-state index is -0.594. The van der Waals surface area contributed by atoms with Crippen molar-refractivity contribution in [1.82, 2.24) is 10.2 Å². The monoisotopic (exact) mass is 270 g/mol. The Hall–Kier alpha value is -0.610. The molecule has 0 radical (unpaired) electrons. The van der Waals surface area contributed by atoms with Crippen molar-refractivity contribution in [1.29, 1.82) is 0 Å². The van der Waals surface area contributed by atoms with E-state index in [9.17, 15) is 4.79 Å². The maximum atomic E-state index is 11.9. The summed E-state index contributed by atoms with van der Waals surface area (Å²) in [6.45, 7) is 8.64. The maximum Gasteiger partial charge on any atom is 0.325 e. The zero-order valence-electron chi connectivity index (χ0n) is 13.2. The van der Waals surface area contributed by atoms with Gasteiger partial charge in [-0.1, -0.05) is 6.92 Å². The lowest BCUT2D eigenvalue weighted by Crippen LogP contribution is -2.53. The van der Waals surface area contributed by atoms with Crippen molar-refractivity contribution in [2.24, 2.45) is 5.92 Å². The van der Waals surface area contributed by atoms with E-state index in [0.717, 1.165) is 25.3 Å². The average molecular weight is 270 g/mol. The lowest BCUT2D eigenvalue weighted by molar-refractivity contribution is -0.148. The standard InChI is InChI=1S/C15H30N2O2/c1-6-9-17(11-13-7-8-13)12(2)10-15(3,16-4)14(18)19-5/h12-13,16H,6-11H2,1-5H3. The summed E-state index contributed by atoms with van der Waals surface area (Å²) < 4.78 is 4.92. The predicted molar refractivity (Wildman–Crippen MR) is 78.1 cm³/mol. The Morgan fingerprint density at radius 3 is 2.58 bits per heavy atom. The van der Waals surface area contributed by atoms with Crippen molar-refractivity contribution in [2.45, 2.75) is 58.0 Å². The Labute approximate surface area is 117 Å². The van der Waals surface area contributed by atoms with Gasteiger partial charge in [-0.3, -0.25) is 4.79 Å². The van der Waals surface area contributed by atoms with Crippen molar-refractivity contribution >= 4 is 5.97 Å². The van der Waals surface area contributed by atoms with Crippen LogP contribution in [0.25, 0.3) is 0 Å². The summed E-state index contributed by atoms with van der Waals surface area (Å²) in [6, 6.07) is 0.386. The van der Waals surface area contributed by atoms with Crippen LogP contribution >= 0.6 is 0 Å². The van der Waals surface area contributed by atoms with E-state index in [0.29, 0.717) is 6.04 Å². The van der Waals surface area contributed by atoms with Crippen LogP contribution in [0, 0.1) is 5.92 Å². The van der Waals surface area contributed by atoms with Crippen LogP contribution in [0.1, 0.15) is 46.5 Å². The zero-order valence-corrected chi connectivity index (χ0v) is 13.2. The van der Waals surface area contributed by atoms with Crippen molar-refractivity contribution in [3.63, 3.8) is 0 Å². The number of likely N-dealkylation sites (N-methyl/N-ethyl adjacent to an activating group) is 1. The normalized spacial score (nSPS) is 20.1. The summed E-state index contributed by atoms with van der Waals surface area (Å²) in [6.07, 6.45) is 4.68. The Balaban J connectivity index is 2.61. The molecule has 2 unspecified atom stereocenters. The highest BCUT2D eigenvalue weighted by molar-refractivity contribution is 5.80. The van der Waals surface area contributed by atoms with E-state index in [1.165, 1.54) is 26.5 Å². The third kappa shape index (κ3) is 4.77. The number of methoxy groups -OCH3 is 1. The Bertz CT molecular complexity index is 292. The number of rotatable bonds is 9. The molecule has 4 heteroatoms. The third-order valence-electron chi connectivity index (χ3n) is 4.22. The summed E-state index contributed by atoms with van der Waals surface area (Å²) in [5.41, 5.74) is -0.594. The third-order valence-corrected chi connectivity index (χ3v) is 4.22. The number of esters is 1. The molecule has 1 rings (SSSR count). The van der Waals surface area contributed by atoms with E-state index in [2.05, 4.69) is 24.1 Å². The first kappa shape index (κ1) is 16.4. The van der Waals surface area contributed by atoms with Crippen molar-refractivity contribution in [3.8, 4) is 0 Å². The molecule has 0 saturated heterocycles. The second-order valence-electron chi connectivity index (χ2n) is 6.07. The molecule has 1 N–H and O–H groups in total. The van der Waals surface area contributed by atoms with Crippen molar-refractivity contribution in [2.75, 3.05) is 27.2 Å². The lowest BCUT2D eigenvalue weighted by atomic mass is 9.93. The van der Waals surface area contributed by atoms with E-state index in [-0.39, 0.29) is 5.97 Å². The van der Waals surface area contributed by atoms with Gasteiger partial charge in [-0.15, -0.1) is 0 Å². The van der Waals surface area contributed by atoms with Crippen molar-refractivity contribution < 1.29 is 9.53 Å². The Kier molecular flexibility index (Phi) is 6.27. The number of hydrogen-bond acceptors (Lipinski definition) is 4. The fourth-order valence-corrected chi connectivity index (χ4v) is 2.64. The summed E-state index contributed by atoms with van der Waals surface area (Å²) in [7, 11) is 3.28. The molecule has 0 aromatic carbocycles. The van der Waals surface area contributed by atoms with E-state index in [1.54, 1.807) is 0 Å². The van der Waals surface area contributed by atoms with Crippen LogP contribution in [0.4, 0.5) is 0 Å². The highest BCUT2D eigenvalue weighted by Crippen LogP contribution is 2.31. The maximum absolute atomic E-state index is 11.9. The molecule has 0 aromatic heterocycles. The van der Waals surface area contributed by atoms with Crippen LogP contribution in [0.3, 0.4) is 0 Å². The van der Waals surface area contributed by atoms with Crippen LogP contribution in [0.5, 0.6) is 0 Å². The molecule has 1 saturated carbocycles. The minimum absolute atomic E-state index is 0.176. The van der Waals surface area contributed by atoms with E-state index in [1.807, 2.05) is 14.0 Å². The van der Waals surface area contributed by atoms with E-state index in [4.69, 9.17) is 4.74 Å². The van der Waals surface area contributed by atoms with Gasteiger partial charge in [0, 0.05) is 12.6 Å². The SMILES string of the molecule is CCCN(CC1CC1)C(C)CC(C)(NC)C(=O)OC. The highest BCUT2D eigenvalue weighted by atomic mass is 16.5. The highest BCUT2D eigenvalue weighted by Gasteiger charge is 2.36. The number of carbonyl (C=O) groups excluding carboxylic acids is 1. The fourth-order valence-electron chi connectivity index (χ4n) is 2.64. The molecule has 0 heterocycles. The molecule has 1 fully saturated rings.